The van der Waals surface area contributed by atoms with Gasteiger partial charge in [0.25, 0.3) is 0 Å². The maximum atomic E-state index is 13.1. The summed E-state index contributed by atoms with van der Waals surface area (Å²) >= 11 is 0. The molecule has 0 fully saturated rings. The van der Waals surface area contributed by atoms with E-state index in [0.717, 1.165) is 5.39 Å². The molecule has 1 aromatic heterocycles. The Balaban J connectivity index is 2.13. The standard InChI is InChI=1S/C21H20O5/c1-3-13(12-18(22)23)19-16-6-4-5-7-17(16)26-21(19)20(24)14-8-10-15(25-2)11-9-14/h4-11,13H,3,12H2,1-2H3,(H,22,23). The molecule has 1 unspecified atom stereocenters. The number of rotatable bonds is 7. The van der Waals surface area contributed by atoms with Crippen molar-refractivity contribution in [3.8, 4) is 5.75 Å². The van der Waals surface area contributed by atoms with Gasteiger partial charge in [0.2, 0.25) is 5.78 Å². The lowest BCUT2D eigenvalue weighted by atomic mass is 9.89. The van der Waals surface area contributed by atoms with Crippen molar-refractivity contribution in [2.24, 2.45) is 0 Å². The number of methoxy groups -OCH3 is 1. The maximum absolute atomic E-state index is 13.1. The summed E-state index contributed by atoms with van der Waals surface area (Å²) in [5, 5.41) is 10.0. The molecular weight excluding hydrogens is 332 g/mol. The van der Waals surface area contributed by atoms with Crippen LogP contribution in [0.4, 0.5) is 0 Å². The number of para-hydroxylation sites is 1. The Morgan fingerprint density at radius 3 is 2.42 bits per heavy atom. The maximum Gasteiger partial charge on any atom is 0.303 e. The average molecular weight is 352 g/mol. The van der Waals surface area contributed by atoms with Crippen LogP contribution >= 0.6 is 0 Å². The van der Waals surface area contributed by atoms with Crippen molar-refractivity contribution < 1.29 is 23.8 Å². The minimum atomic E-state index is -0.898. The van der Waals surface area contributed by atoms with Gasteiger partial charge < -0.3 is 14.3 Å². The average Bonchev–Trinajstić information content (AvgIpc) is 3.05. The van der Waals surface area contributed by atoms with Crippen LogP contribution in [-0.2, 0) is 4.79 Å². The van der Waals surface area contributed by atoms with Gasteiger partial charge in [0.15, 0.2) is 5.76 Å². The normalized spacial score (nSPS) is 12.1. The first-order chi connectivity index (χ1) is 12.5. The van der Waals surface area contributed by atoms with Crippen LogP contribution in [0.5, 0.6) is 5.75 Å². The number of carbonyl (C=O) groups is 2. The smallest absolute Gasteiger partial charge is 0.303 e. The number of carboxylic acids is 1. The fraction of sp³-hybridized carbons (Fsp3) is 0.238. The zero-order valence-electron chi connectivity index (χ0n) is 14.7. The highest BCUT2D eigenvalue weighted by Crippen LogP contribution is 2.36. The molecule has 0 spiro atoms. The number of ketones is 1. The number of benzene rings is 2. The van der Waals surface area contributed by atoms with Gasteiger partial charge in [-0.3, -0.25) is 9.59 Å². The second-order valence-electron chi connectivity index (χ2n) is 6.10. The van der Waals surface area contributed by atoms with E-state index in [2.05, 4.69) is 0 Å². The van der Waals surface area contributed by atoms with Crippen molar-refractivity contribution in [3.63, 3.8) is 0 Å². The lowest BCUT2D eigenvalue weighted by Gasteiger charge is -2.13. The van der Waals surface area contributed by atoms with Gasteiger partial charge in [-0.2, -0.15) is 0 Å². The van der Waals surface area contributed by atoms with Gasteiger partial charge in [-0.25, -0.2) is 0 Å². The Hall–Kier alpha value is -3.08. The van der Waals surface area contributed by atoms with E-state index in [9.17, 15) is 14.7 Å². The van der Waals surface area contributed by atoms with E-state index in [1.807, 2.05) is 25.1 Å². The number of aliphatic carboxylic acids is 1. The minimum Gasteiger partial charge on any atom is -0.497 e. The van der Waals surface area contributed by atoms with E-state index in [-0.39, 0.29) is 23.9 Å². The third kappa shape index (κ3) is 3.33. The molecule has 0 amide bonds. The summed E-state index contributed by atoms with van der Waals surface area (Å²) < 4.78 is 11.0. The molecule has 0 aliphatic rings. The number of ether oxygens (including phenoxy) is 1. The van der Waals surface area contributed by atoms with E-state index in [4.69, 9.17) is 9.15 Å². The molecule has 1 N–H and O–H groups in total. The molecule has 0 aliphatic heterocycles. The predicted octanol–water partition coefficient (Wildman–Crippen LogP) is 4.64. The van der Waals surface area contributed by atoms with E-state index in [1.54, 1.807) is 37.4 Å². The van der Waals surface area contributed by atoms with Gasteiger partial charge >= 0.3 is 5.97 Å². The molecule has 1 heterocycles. The third-order valence-corrected chi connectivity index (χ3v) is 4.51. The fourth-order valence-corrected chi connectivity index (χ4v) is 3.17. The van der Waals surface area contributed by atoms with Crippen LogP contribution in [0.1, 0.15) is 47.4 Å². The van der Waals surface area contributed by atoms with Crippen molar-refractivity contribution in [1.29, 1.82) is 0 Å². The molecule has 1 atom stereocenters. The van der Waals surface area contributed by atoms with Crippen LogP contribution < -0.4 is 4.74 Å². The summed E-state index contributed by atoms with van der Waals surface area (Å²) in [5.41, 5.74) is 1.73. The van der Waals surface area contributed by atoms with Gasteiger partial charge in [0, 0.05) is 16.5 Å². The second-order valence-corrected chi connectivity index (χ2v) is 6.10. The molecule has 0 bridgehead atoms. The molecular formula is C21H20O5. The Labute approximate surface area is 151 Å². The van der Waals surface area contributed by atoms with Crippen molar-refractivity contribution in [2.45, 2.75) is 25.7 Å². The molecule has 5 nitrogen and oxygen atoms in total. The number of furan rings is 1. The first-order valence-electron chi connectivity index (χ1n) is 8.47. The second kappa shape index (κ2) is 7.44. The van der Waals surface area contributed by atoms with E-state index in [1.165, 1.54) is 0 Å². The minimum absolute atomic E-state index is 0.0527. The summed E-state index contributed by atoms with van der Waals surface area (Å²) in [4.78, 5) is 24.4. The van der Waals surface area contributed by atoms with Crippen LogP contribution in [0.25, 0.3) is 11.0 Å². The molecule has 0 radical (unpaired) electrons. The summed E-state index contributed by atoms with van der Waals surface area (Å²) in [6.07, 6.45) is 0.543. The van der Waals surface area contributed by atoms with Crippen LogP contribution in [0.15, 0.2) is 52.9 Å². The third-order valence-electron chi connectivity index (χ3n) is 4.51. The largest absolute Gasteiger partial charge is 0.497 e. The van der Waals surface area contributed by atoms with Crippen LogP contribution in [0.2, 0.25) is 0 Å². The Bertz CT molecular complexity index is 937. The number of fused-ring (bicyclic) bond motifs is 1. The predicted molar refractivity (Wildman–Crippen MR) is 97.9 cm³/mol. The molecule has 3 aromatic rings. The lowest BCUT2D eigenvalue weighted by molar-refractivity contribution is -0.137. The molecule has 26 heavy (non-hydrogen) atoms. The molecule has 0 aliphatic carbocycles. The van der Waals surface area contributed by atoms with Crippen molar-refractivity contribution in [3.05, 3.63) is 65.4 Å². The number of hydrogen-bond donors (Lipinski definition) is 1. The SMILES string of the molecule is CCC(CC(=O)O)c1c(C(=O)c2ccc(OC)cc2)oc2ccccc12. The highest BCUT2D eigenvalue weighted by Gasteiger charge is 2.28. The lowest BCUT2D eigenvalue weighted by Crippen LogP contribution is -2.10. The van der Waals surface area contributed by atoms with Gasteiger partial charge in [-0.05, 0) is 42.7 Å². The zero-order valence-corrected chi connectivity index (χ0v) is 14.7. The Morgan fingerprint density at radius 2 is 1.81 bits per heavy atom. The summed E-state index contributed by atoms with van der Waals surface area (Å²) in [7, 11) is 1.56. The van der Waals surface area contributed by atoms with Crippen molar-refractivity contribution >= 4 is 22.7 Å². The fourth-order valence-electron chi connectivity index (χ4n) is 3.17. The number of carboxylic acid groups (broad SMARTS) is 1. The Morgan fingerprint density at radius 1 is 1.12 bits per heavy atom. The highest BCUT2D eigenvalue weighted by atomic mass is 16.5. The van der Waals surface area contributed by atoms with Crippen LogP contribution in [-0.4, -0.2) is 24.0 Å². The zero-order chi connectivity index (χ0) is 18.7. The molecule has 5 heteroatoms. The number of carbonyl (C=O) groups excluding carboxylic acids is 1. The first-order valence-corrected chi connectivity index (χ1v) is 8.47. The van der Waals surface area contributed by atoms with E-state index >= 15 is 0 Å². The molecule has 0 saturated carbocycles. The highest BCUT2D eigenvalue weighted by molar-refractivity contribution is 6.11. The van der Waals surface area contributed by atoms with Gasteiger partial charge in [0.1, 0.15) is 11.3 Å². The quantitative estimate of drug-likeness (QED) is 0.627. The van der Waals surface area contributed by atoms with Crippen molar-refractivity contribution in [2.75, 3.05) is 7.11 Å². The molecule has 3 rings (SSSR count). The molecule has 0 saturated heterocycles. The Kier molecular flexibility index (Phi) is 5.07. The molecule has 2 aromatic carbocycles. The topological polar surface area (TPSA) is 76.7 Å². The molecule has 134 valence electrons. The van der Waals surface area contributed by atoms with Gasteiger partial charge in [-0.1, -0.05) is 25.1 Å². The van der Waals surface area contributed by atoms with E-state index in [0.29, 0.717) is 28.9 Å². The summed E-state index contributed by atoms with van der Waals surface area (Å²) in [5.74, 6) is -0.589. The summed E-state index contributed by atoms with van der Waals surface area (Å²) in [6, 6.07) is 14.1. The van der Waals surface area contributed by atoms with Gasteiger partial charge in [0.05, 0.1) is 13.5 Å². The monoisotopic (exact) mass is 352 g/mol. The first kappa shape index (κ1) is 17.7. The van der Waals surface area contributed by atoms with E-state index < -0.39 is 5.97 Å². The van der Waals surface area contributed by atoms with Crippen LogP contribution in [0, 0.1) is 0 Å². The number of hydrogen-bond acceptors (Lipinski definition) is 4. The summed E-state index contributed by atoms with van der Waals surface area (Å²) in [6.45, 7) is 1.91. The van der Waals surface area contributed by atoms with Crippen LogP contribution in [0.3, 0.4) is 0 Å². The van der Waals surface area contributed by atoms with Gasteiger partial charge in [-0.15, -0.1) is 0 Å². The van der Waals surface area contributed by atoms with Crippen molar-refractivity contribution in [1.82, 2.24) is 0 Å².